The van der Waals surface area contributed by atoms with Crippen molar-refractivity contribution in [1.29, 1.82) is 5.26 Å². The number of carbonyl (C=O) groups is 1. The Morgan fingerprint density at radius 2 is 2.29 bits per heavy atom. The predicted octanol–water partition coefficient (Wildman–Crippen LogP) is 0.573. The maximum absolute atomic E-state index is 12.5. The molecular weight excluding hydrogens is 310 g/mol. The number of hydrogen-bond donors (Lipinski definition) is 1. The van der Waals surface area contributed by atoms with Crippen LogP contribution in [0.4, 0.5) is 5.82 Å². The van der Waals surface area contributed by atoms with Gasteiger partial charge in [0.15, 0.2) is 5.69 Å². The number of aliphatic hydroxyl groups excluding tert-OH is 1. The van der Waals surface area contributed by atoms with Crippen molar-refractivity contribution in [3.8, 4) is 6.07 Å². The van der Waals surface area contributed by atoms with Crippen molar-refractivity contribution in [1.82, 2.24) is 15.0 Å². The number of aryl methyl sites for hydroxylation is 1. The number of nitrogens with zero attached hydrogens (tertiary/aromatic N) is 5. The van der Waals surface area contributed by atoms with Gasteiger partial charge < -0.3 is 19.4 Å². The van der Waals surface area contributed by atoms with Gasteiger partial charge >= 0.3 is 0 Å². The fraction of sp³-hybridized carbons (Fsp3) is 0.375. The van der Waals surface area contributed by atoms with Gasteiger partial charge in [-0.05, 0) is 19.1 Å². The number of aromatic nitrogens is 2. The summed E-state index contributed by atoms with van der Waals surface area (Å²) in [6, 6.07) is 7.05. The highest BCUT2D eigenvalue weighted by Crippen LogP contribution is 2.19. The van der Waals surface area contributed by atoms with E-state index in [2.05, 4.69) is 16.2 Å². The van der Waals surface area contributed by atoms with E-state index in [1.165, 1.54) is 4.90 Å². The summed E-state index contributed by atoms with van der Waals surface area (Å²) in [4.78, 5) is 20.1. The lowest BCUT2D eigenvalue weighted by Crippen LogP contribution is -2.37. The van der Waals surface area contributed by atoms with Crippen molar-refractivity contribution in [2.75, 3.05) is 31.1 Å². The van der Waals surface area contributed by atoms with Crippen LogP contribution in [0.5, 0.6) is 0 Å². The first-order chi connectivity index (χ1) is 11.6. The first kappa shape index (κ1) is 16.0. The normalized spacial score (nSPS) is 18.1. The maximum atomic E-state index is 12.5. The molecule has 3 heterocycles. The maximum Gasteiger partial charge on any atom is 0.276 e. The molecular formula is C16H17N5O3. The highest BCUT2D eigenvalue weighted by atomic mass is 16.5. The van der Waals surface area contributed by atoms with Crippen LogP contribution >= 0.6 is 0 Å². The summed E-state index contributed by atoms with van der Waals surface area (Å²) in [6.07, 6.45) is 0.854. The van der Waals surface area contributed by atoms with Gasteiger partial charge in [-0.3, -0.25) is 4.79 Å². The highest BCUT2D eigenvalue weighted by Gasteiger charge is 2.28. The molecule has 0 saturated carbocycles. The Labute approximate surface area is 138 Å². The van der Waals surface area contributed by atoms with Crippen molar-refractivity contribution in [3.63, 3.8) is 0 Å². The molecule has 0 aromatic carbocycles. The topological polar surface area (TPSA) is 106 Å². The lowest BCUT2D eigenvalue weighted by atomic mass is 10.2. The number of aliphatic hydroxyl groups is 1. The molecule has 1 fully saturated rings. The van der Waals surface area contributed by atoms with Crippen molar-refractivity contribution in [2.24, 2.45) is 0 Å². The van der Waals surface area contributed by atoms with Gasteiger partial charge in [-0.15, -0.1) is 0 Å². The van der Waals surface area contributed by atoms with Crippen molar-refractivity contribution in [3.05, 3.63) is 41.4 Å². The van der Waals surface area contributed by atoms with Gasteiger partial charge in [0.25, 0.3) is 5.91 Å². The SMILES string of the molecule is Cc1cc(C(=O)N2CCN(c3ncccc3C#N)CC(O)C2)no1. The zero-order valence-corrected chi connectivity index (χ0v) is 13.2. The number of pyridine rings is 1. The predicted molar refractivity (Wildman–Crippen MR) is 84.3 cm³/mol. The third-order valence-corrected chi connectivity index (χ3v) is 3.84. The molecule has 1 unspecified atom stereocenters. The van der Waals surface area contributed by atoms with Crippen LogP contribution in [0.2, 0.25) is 0 Å². The first-order valence-corrected chi connectivity index (χ1v) is 7.59. The van der Waals surface area contributed by atoms with E-state index in [4.69, 9.17) is 4.52 Å². The minimum absolute atomic E-state index is 0.190. The molecule has 124 valence electrons. The molecule has 1 saturated heterocycles. The van der Waals surface area contributed by atoms with Crippen LogP contribution in [0.15, 0.2) is 28.9 Å². The van der Waals surface area contributed by atoms with Gasteiger partial charge in [-0.2, -0.15) is 5.26 Å². The van der Waals surface area contributed by atoms with Crippen LogP contribution in [-0.4, -0.2) is 58.3 Å². The van der Waals surface area contributed by atoms with E-state index in [1.54, 1.807) is 31.3 Å². The van der Waals surface area contributed by atoms with E-state index >= 15 is 0 Å². The Balaban J connectivity index is 1.78. The summed E-state index contributed by atoms with van der Waals surface area (Å²) in [6.45, 7) is 3.06. The second-order valence-corrected chi connectivity index (χ2v) is 5.66. The number of carbonyl (C=O) groups excluding carboxylic acids is 1. The second-order valence-electron chi connectivity index (χ2n) is 5.66. The molecule has 1 atom stereocenters. The lowest BCUT2D eigenvalue weighted by Gasteiger charge is -2.23. The van der Waals surface area contributed by atoms with E-state index in [0.717, 1.165) is 0 Å². The average molecular weight is 327 g/mol. The minimum Gasteiger partial charge on any atom is -0.389 e. The molecule has 2 aromatic rings. The van der Waals surface area contributed by atoms with Gasteiger partial charge in [0.05, 0.1) is 11.7 Å². The second kappa shape index (κ2) is 6.68. The number of hydrogen-bond acceptors (Lipinski definition) is 7. The number of β-amino-alcohol motifs (C(OH)–C–C–N with tert-alkyl or cyclic N) is 1. The Morgan fingerprint density at radius 3 is 3.00 bits per heavy atom. The monoisotopic (exact) mass is 327 g/mol. The van der Waals surface area contributed by atoms with Crippen LogP contribution in [0.1, 0.15) is 21.8 Å². The largest absolute Gasteiger partial charge is 0.389 e. The summed E-state index contributed by atoms with van der Waals surface area (Å²) in [5.41, 5.74) is 0.667. The molecule has 1 N–H and O–H groups in total. The zero-order valence-electron chi connectivity index (χ0n) is 13.2. The van der Waals surface area contributed by atoms with Crippen LogP contribution in [-0.2, 0) is 0 Å². The molecule has 8 nitrogen and oxygen atoms in total. The summed E-state index contributed by atoms with van der Waals surface area (Å²) >= 11 is 0. The summed E-state index contributed by atoms with van der Waals surface area (Å²) in [5.74, 6) is 0.794. The van der Waals surface area contributed by atoms with Crippen molar-refractivity contribution < 1.29 is 14.4 Å². The van der Waals surface area contributed by atoms with Crippen LogP contribution in [0.3, 0.4) is 0 Å². The molecule has 1 aliphatic rings. The van der Waals surface area contributed by atoms with Gasteiger partial charge in [-0.1, -0.05) is 5.16 Å². The summed E-state index contributed by atoms with van der Waals surface area (Å²) in [5, 5.41) is 23.2. The molecule has 0 bridgehead atoms. The fourth-order valence-electron chi connectivity index (χ4n) is 2.73. The minimum atomic E-state index is -0.752. The van der Waals surface area contributed by atoms with Gasteiger partial charge in [0.1, 0.15) is 17.6 Å². The molecule has 0 aliphatic carbocycles. The summed E-state index contributed by atoms with van der Waals surface area (Å²) < 4.78 is 4.94. The van der Waals surface area contributed by atoms with E-state index in [0.29, 0.717) is 36.8 Å². The van der Waals surface area contributed by atoms with E-state index in [-0.39, 0.29) is 18.1 Å². The van der Waals surface area contributed by atoms with Gasteiger partial charge in [0.2, 0.25) is 0 Å². The third-order valence-electron chi connectivity index (χ3n) is 3.84. The molecule has 1 aliphatic heterocycles. The van der Waals surface area contributed by atoms with E-state index < -0.39 is 6.10 Å². The average Bonchev–Trinajstić information content (AvgIpc) is 2.92. The fourth-order valence-corrected chi connectivity index (χ4v) is 2.73. The number of anilines is 1. The zero-order chi connectivity index (χ0) is 17.1. The molecule has 24 heavy (non-hydrogen) atoms. The number of nitriles is 1. The Hall–Kier alpha value is -2.92. The smallest absolute Gasteiger partial charge is 0.276 e. The van der Waals surface area contributed by atoms with Gasteiger partial charge in [0, 0.05) is 38.4 Å². The molecule has 0 spiro atoms. The Morgan fingerprint density at radius 1 is 1.46 bits per heavy atom. The molecule has 3 rings (SSSR count). The van der Waals surface area contributed by atoms with Gasteiger partial charge in [-0.25, -0.2) is 4.98 Å². The van der Waals surface area contributed by atoms with Crippen LogP contribution in [0, 0.1) is 18.3 Å². The summed E-state index contributed by atoms with van der Waals surface area (Å²) in [7, 11) is 0. The lowest BCUT2D eigenvalue weighted by molar-refractivity contribution is 0.0664. The van der Waals surface area contributed by atoms with Crippen molar-refractivity contribution >= 4 is 11.7 Å². The Kier molecular flexibility index (Phi) is 4.44. The van der Waals surface area contributed by atoms with Crippen LogP contribution < -0.4 is 4.90 Å². The van der Waals surface area contributed by atoms with E-state index in [9.17, 15) is 15.2 Å². The van der Waals surface area contributed by atoms with E-state index in [1.807, 2.05) is 4.90 Å². The highest BCUT2D eigenvalue weighted by molar-refractivity contribution is 5.92. The van der Waals surface area contributed by atoms with Crippen molar-refractivity contribution in [2.45, 2.75) is 13.0 Å². The molecule has 2 aromatic heterocycles. The number of amides is 1. The number of rotatable bonds is 2. The third kappa shape index (κ3) is 3.21. The molecule has 0 radical (unpaired) electrons. The van der Waals surface area contributed by atoms with Crippen LogP contribution in [0.25, 0.3) is 0 Å². The standard InChI is InChI=1S/C16H17N5O3/c1-11-7-14(19-24-11)16(23)21-6-5-20(9-13(22)10-21)15-12(8-17)3-2-4-18-15/h2-4,7,13,22H,5-6,9-10H2,1H3. The molecule has 8 heteroatoms. The molecule has 1 amide bonds. The quantitative estimate of drug-likeness (QED) is 0.859. The Bertz CT molecular complexity index is 782. The first-order valence-electron chi connectivity index (χ1n) is 7.59.